The van der Waals surface area contributed by atoms with Crippen molar-refractivity contribution in [2.75, 3.05) is 11.9 Å². The Morgan fingerprint density at radius 2 is 1.82 bits per heavy atom. The first-order valence-electron chi connectivity index (χ1n) is 12.1. The van der Waals surface area contributed by atoms with Gasteiger partial charge < -0.3 is 20.5 Å². The molecule has 1 aliphatic rings. The van der Waals surface area contributed by atoms with Gasteiger partial charge in [0.05, 0.1) is 11.3 Å². The fourth-order valence-electron chi connectivity index (χ4n) is 4.08. The first-order chi connectivity index (χ1) is 18.9. The SMILES string of the molecule is CCN1C(=O)C(CC(=O)Nc2ccc(C(N)=O)cc2)N(Cc2/c(=N/S(=O)(=O)c3ccc(C)cc3)o[n-][n+]2C)C1=S. The van der Waals surface area contributed by atoms with E-state index in [0.717, 1.165) is 5.56 Å². The van der Waals surface area contributed by atoms with Gasteiger partial charge in [0.2, 0.25) is 11.8 Å². The van der Waals surface area contributed by atoms with Gasteiger partial charge in [-0.25, -0.2) is 4.68 Å². The Hall–Kier alpha value is -4.37. The number of nitrogens with one attached hydrogen (secondary N) is 1. The van der Waals surface area contributed by atoms with Crippen molar-refractivity contribution in [1.82, 2.24) is 15.1 Å². The number of likely N-dealkylation sites (N-methyl/N-ethyl adjacent to an activating group) is 1. The number of carbonyl (C=O) groups excluding carboxylic acids is 3. The van der Waals surface area contributed by atoms with Crippen LogP contribution in [-0.2, 0) is 33.2 Å². The van der Waals surface area contributed by atoms with Crippen molar-refractivity contribution in [2.24, 2.45) is 17.2 Å². The Morgan fingerprint density at radius 1 is 1.18 bits per heavy atom. The zero-order chi connectivity index (χ0) is 29.2. The van der Waals surface area contributed by atoms with Crippen LogP contribution in [0.4, 0.5) is 5.69 Å². The number of benzene rings is 2. The molecule has 3 amide bonds. The molecule has 210 valence electrons. The van der Waals surface area contributed by atoms with E-state index in [1.807, 2.05) is 6.92 Å². The summed E-state index contributed by atoms with van der Waals surface area (Å²) in [7, 11) is -2.60. The molecule has 4 rings (SSSR count). The molecule has 1 aliphatic heterocycles. The van der Waals surface area contributed by atoms with Crippen LogP contribution < -0.4 is 26.6 Å². The molecule has 1 aromatic heterocycles. The third kappa shape index (κ3) is 5.94. The molecule has 0 saturated carbocycles. The number of aromatic nitrogens is 2. The van der Waals surface area contributed by atoms with Gasteiger partial charge in [0.15, 0.2) is 5.11 Å². The van der Waals surface area contributed by atoms with Crippen LogP contribution in [0.3, 0.4) is 0 Å². The number of rotatable bonds is 9. The fourth-order valence-corrected chi connectivity index (χ4v) is 5.43. The van der Waals surface area contributed by atoms with Crippen LogP contribution in [0.1, 0.15) is 35.0 Å². The van der Waals surface area contributed by atoms with Gasteiger partial charge in [-0.15, -0.1) is 4.40 Å². The molecule has 3 aromatic rings. The second-order valence-corrected chi connectivity index (χ2v) is 11.0. The lowest BCUT2D eigenvalue weighted by Gasteiger charge is -2.22. The van der Waals surface area contributed by atoms with Crippen LogP contribution in [0.2, 0.25) is 0 Å². The number of sulfonamides is 1. The molecule has 2 aromatic carbocycles. The number of carbonyl (C=O) groups is 3. The van der Waals surface area contributed by atoms with Crippen LogP contribution in [0.25, 0.3) is 0 Å². The van der Waals surface area contributed by atoms with E-state index < -0.39 is 27.9 Å². The molecule has 40 heavy (non-hydrogen) atoms. The van der Waals surface area contributed by atoms with Crippen molar-refractivity contribution >= 4 is 50.8 Å². The van der Waals surface area contributed by atoms with Crippen molar-refractivity contribution in [3.05, 3.63) is 70.9 Å². The predicted molar refractivity (Wildman–Crippen MR) is 145 cm³/mol. The number of nitrogens with two attached hydrogens (primary N) is 1. The monoisotopic (exact) mass is 585 g/mol. The van der Waals surface area contributed by atoms with E-state index in [4.69, 9.17) is 22.5 Å². The highest BCUT2D eigenvalue weighted by Crippen LogP contribution is 2.23. The minimum absolute atomic E-state index is 0.0226. The normalized spacial score (nSPS) is 16.1. The van der Waals surface area contributed by atoms with E-state index in [1.165, 1.54) is 57.9 Å². The molecule has 1 saturated heterocycles. The van der Waals surface area contributed by atoms with Gasteiger partial charge in [-0.2, -0.15) is 8.42 Å². The van der Waals surface area contributed by atoms with Crippen LogP contribution >= 0.6 is 12.2 Å². The molecule has 1 fully saturated rings. The number of hydrogen-bond donors (Lipinski definition) is 2. The molecule has 2 heterocycles. The third-order valence-corrected chi connectivity index (χ3v) is 8.01. The molecule has 1 atom stereocenters. The van der Waals surface area contributed by atoms with Crippen LogP contribution in [-0.4, -0.2) is 53.6 Å². The molecule has 13 nitrogen and oxygen atoms in total. The summed E-state index contributed by atoms with van der Waals surface area (Å²) in [5.74, 6) is -1.45. The summed E-state index contributed by atoms with van der Waals surface area (Å²) in [6.07, 6.45) is -0.254. The molecule has 0 aliphatic carbocycles. The highest BCUT2D eigenvalue weighted by molar-refractivity contribution is 7.90. The average Bonchev–Trinajstić information content (AvgIpc) is 3.35. The molecule has 0 spiro atoms. The highest BCUT2D eigenvalue weighted by atomic mass is 32.2. The number of nitrogens with zero attached hydrogens (tertiary/aromatic N) is 5. The Labute approximate surface area is 235 Å². The standard InChI is InChI=1S/C25H27N7O6S2/c1-4-31-24(35)19(13-21(33)27-17-9-7-16(8-10-17)22(26)34)32(25(31)39)14-20-23(38-29-30(20)3)28-40(36,37)18-11-5-15(2)6-12-18/h5-12,19H,4,13-14H2,1-3H3,(H2,26,34)(H,27,33)/b28-23-. The Morgan fingerprint density at radius 3 is 2.42 bits per heavy atom. The van der Waals surface area contributed by atoms with Gasteiger partial charge in [-0.05, 0) is 62.5 Å². The van der Waals surface area contributed by atoms with Gasteiger partial charge in [0.25, 0.3) is 27.2 Å². The molecular weight excluding hydrogens is 558 g/mol. The quantitative estimate of drug-likeness (QED) is 0.261. The molecule has 1 unspecified atom stereocenters. The van der Waals surface area contributed by atoms with Gasteiger partial charge in [-0.1, -0.05) is 17.7 Å². The lowest BCUT2D eigenvalue weighted by molar-refractivity contribution is -0.752. The third-order valence-electron chi connectivity index (χ3n) is 6.28. The minimum atomic E-state index is -4.13. The van der Waals surface area contributed by atoms with E-state index in [1.54, 1.807) is 19.1 Å². The van der Waals surface area contributed by atoms with Crippen LogP contribution in [0.5, 0.6) is 0 Å². The molecule has 15 heteroatoms. The van der Waals surface area contributed by atoms with Crippen molar-refractivity contribution in [3.8, 4) is 0 Å². The first-order valence-corrected chi connectivity index (χ1v) is 14.0. The fraction of sp³-hybridized carbons (Fsp3) is 0.280. The molecule has 0 radical (unpaired) electrons. The summed E-state index contributed by atoms with van der Waals surface area (Å²) < 4.78 is 36.2. The number of hydrogen-bond acceptors (Lipinski definition) is 7. The summed E-state index contributed by atoms with van der Waals surface area (Å²) in [4.78, 5) is 40.3. The van der Waals surface area contributed by atoms with Crippen molar-refractivity contribution in [2.45, 2.75) is 37.8 Å². The topological polar surface area (TPSA) is 173 Å². The summed E-state index contributed by atoms with van der Waals surface area (Å²) in [5.41, 5.74) is 6.79. The lowest BCUT2D eigenvalue weighted by Crippen LogP contribution is -2.45. The second kappa shape index (κ2) is 11.4. The Bertz CT molecular complexity index is 1640. The van der Waals surface area contributed by atoms with Crippen molar-refractivity contribution < 1.29 is 32.0 Å². The Kier molecular flexibility index (Phi) is 8.16. The zero-order valence-electron chi connectivity index (χ0n) is 21.9. The lowest BCUT2D eigenvalue weighted by atomic mass is 10.1. The summed E-state index contributed by atoms with van der Waals surface area (Å²) in [6.45, 7) is 3.75. The molecular formula is C25H27N7O6S2. The van der Waals surface area contributed by atoms with Gasteiger partial charge in [-0.3, -0.25) is 24.6 Å². The predicted octanol–water partition coefficient (Wildman–Crippen LogP) is 0.105. The smallest absolute Gasteiger partial charge is 0.289 e. The zero-order valence-corrected chi connectivity index (χ0v) is 23.5. The van der Waals surface area contributed by atoms with E-state index in [-0.39, 0.29) is 52.2 Å². The second-order valence-electron chi connectivity index (χ2n) is 9.03. The molecule has 0 bridgehead atoms. The van der Waals surface area contributed by atoms with Gasteiger partial charge in [0, 0.05) is 17.8 Å². The van der Waals surface area contributed by atoms with E-state index >= 15 is 0 Å². The number of aryl methyl sites for hydroxylation is 2. The summed E-state index contributed by atoms with van der Waals surface area (Å²) >= 11 is 5.54. The maximum absolute atomic E-state index is 13.2. The minimum Gasteiger partial charge on any atom is -0.486 e. The van der Waals surface area contributed by atoms with Crippen molar-refractivity contribution in [3.63, 3.8) is 0 Å². The summed E-state index contributed by atoms with van der Waals surface area (Å²) in [5, 5.41) is 6.66. The first kappa shape index (κ1) is 28.6. The number of amides is 3. The largest absolute Gasteiger partial charge is 0.486 e. The van der Waals surface area contributed by atoms with E-state index in [9.17, 15) is 22.8 Å². The van der Waals surface area contributed by atoms with E-state index in [0.29, 0.717) is 5.69 Å². The maximum Gasteiger partial charge on any atom is 0.289 e. The average molecular weight is 586 g/mol. The highest BCUT2D eigenvalue weighted by Gasteiger charge is 2.44. The van der Waals surface area contributed by atoms with Crippen molar-refractivity contribution in [1.29, 1.82) is 0 Å². The Balaban J connectivity index is 1.60. The maximum atomic E-state index is 13.2. The van der Waals surface area contributed by atoms with Crippen LogP contribution in [0, 0.1) is 6.92 Å². The van der Waals surface area contributed by atoms with Gasteiger partial charge in [0.1, 0.15) is 19.6 Å². The number of primary amides is 1. The van der Waals surface area contributed by atoms with E-state index in [2.05, 4.69) is 15.0 Å². The van der Waals surface area contributed by atoms with Gasteiger partial charge >= 0.3 is 0 Å². The number of thiocarbonyl (C=S) groups is 1. The van der Waals surface area contributed by atoms with Crippen LogP contribution in [0.15, 0.2) is 62.3 Å². The molecule has 3 N–H and O–H groups in total. The number of anilines is 1. The summed E-state index contributed by atoms with van der Waals surface area (Å²) in [6, 6.07) is 11.2.